The minimum Gasteiger partial charge on any atom is -0.343 e. The van der Waals surface area contributed by atoms with Gasteiger partial charge in [0.15, 0.2) is 5.82 Å². The first-order valence-corrected chi connectivity index (χ1v) is 5.93. The molecule has 0 aliphatic heterocycles. The second-order valence-corrected chi connectivity index (χ2v) is 3.90. The second-order valence-electron chi connectivity index (χ2n) is 3.90. The maximum absolute atomic E-state index is 4.68. The molecule has 0 radical (unpaired) electrons. The Hall–Kier alpha value is -1.68. The van der Waals surface area contributed by atoms with Gasteiger partial charge in [-0.3, -0.25) is 0 Å². The molecule has 1 aromatic carbocycles. The Kier molecular flexibility index (Phi) is 4.27. The van der Waals surface area contributed by atoms with Crippen LogP contribution in [0.2, 0.25) is 0 Å². The second kappa shape index (κ2) is 6.15. The van der Waals surface area contributed by atoms with E-state index in [2.05, 4.69) is 51.2 Å². The van der Waals surface area contributed by atoms with Crippen LogP contribution in [0, 0.1) is 0 Å². The zero-order valence-corrected chi connectivity index (χ0v) is 10.0. The first-order chi connectivity index (χ1) is 8.40. The predicted octanol–water partition coefficient (Wildman–Crippen LogP) is 1.96. The molecule has 17 heavy (non-hydrogen) atoms. The van der Waals surface area contributed by atoms with Gasteiger partial charge < -0.3 is 9.84 Å². The molecule has 0 aliphatic rings. The Morgan fingerprint density at radius 2 is 2.06 bits per heavy atom. The summed E-state index contributed by atoms with van der Waals surface area (Å²) in [5.41, 5.74) is 2.77. The monoisotopic (exact) mass is 231 g/mol. The smallest absolute Gasteiger partial charge is 0.213 e. The molecule has 90 valence electrons. The number of benzene rings is 1. The van der Waals surface area contributed by atoms with Crippen molar-refractivity contribution in [1.29, 1.82) is 0 Å². The predicted molar refractivity (Wildman–Crippen MR) is 65.5 cm³/mol. The Bertz CT molecular complexity index is 440. The van der Waals surface area contributed by atoms with Crippen molar-refractivity contribution in [3.63, 3.8) is 0 Å². The van der Waals surface area contributed by atoms with E-state index < -0.39 is 0 Å². The maximum Gasteiger partial charge on any atom is 0.213 e. The fourth-order valence-electron chi connectivity index (χ4n) is 1.80. The molecule has 0 fully saturated rings. The molecule has 2 aromatic rings. The van der Waals surface area contributed by atoms with Crippen molar-refractivity contribution in [2.45, 2.75) is 26.3 Å². The van der Waals surface area contributed by atoms with Gasteiger partial charge in [0.2, 0.25) is 6.39 Å². The summed E-state index contributed by atoms with van der Waals surface area (Å²) < 4.78 is 4.68. The Morgan fingerprint density at radius 3 is 2.76 bits per heavy atom. The van der Waals surface area contributed by atoms with E-state index in [9.17, 15) is 0 Å². The van der Waals surface area contributed by atoms with Gasteiger partial charge in [0.1, 0.15) is 0 Å². The SMILES string of the molecule is CCc1ccccc1CNCCc1ncon1. The van der Waals surface area contributed by atoms with Crippen LogP contribution in [-0.2, 0) is 19.4 Å². The largest absolute Gasteiger partial charge is 0.343 e. The number of hydrogen-bond acceptors (Lipinski definition) is 4. The normalized spacial score (nSPS) is 10.6. The van der Waals surface area contributed by atoms with Crippen molar-refractivity contribution >= 4 is 0 Å². The summed E-state index contributed by atoms with van der Waals surface area (Å²) in [5, 5.41) is 7.16. The highest BCUT2D eigenvalue weighted by Crippen LogP contribution is 2.08. The van der Waals surface area contributed by atoms with Crippen LogP contribution < -0.4 is 5.32 Å². The number of nitrogens with one attached hydrogen (secondary N) is 1. The van der Waals surface area contributed by atoms with Gasteiger partial charge in [-0.1, -0.05) is 36.3 Å². The Balaban J connectivity index is 1.78. The number of nitrogens with zero attached hydrogens (tertiary/aromatic N) is 2. The van der Waals surface area contributed by atoms with Gasteiger partial charge in [-0.05, 0) is 17.5 Å². The van der Waals surface area contributed by atoms with E-state index in [4.69, 9.17) is 0 Å². The van der Waals surface area contributed by atoms with E-state index in [1.165, 1.54) is 17.5 Å². The van der Waals surface area contributed by atoms with E-state index in [-0.39, 0.29) is 0 Å². The Labute approximate surface area is 101 Å². The highest BCUT2D eigenvalue weighted by atomic mass is 16.5. The summed E-state index contributed by atoms with van der Waals surface area (Å²) in [5.74, 6) is 0.751. The summed E-state index contributed by atoms with van der Waals surface area (Å²) in [7, 11) is 0. The number of hydrogen-bond donors (Lipinski definition) is 1. The van der Waals surface area contributed by atoms with Crippen LogP contribution in [-0.4, -0.2) is 16.7 Å². The minimum atomic E-state index is 0.751. The van der Waals surface area contributed by atoms with Crippen LogP contribution in [0.3, 0.4) is 0 Å². The molecule has 1 N–H and O–H groups in total. The standard InChI is InChI=1S/C13H17N3O/c1-2-11-5-3-4-6-12(11)9-14-8-7-13-15-10-17-16-13/h3-6,10,14H,2,7-9H2,1H3. The van der Waals surface area contributed by atoms with Crippen LogP contribution in [0.15, 0.2) is 35.2 Å². The molecule has 2 rings (SSSR count). The quantitative estimate of drug-likeness (QED) is 0.772. The minimum absolute atomic E-state index is 0.751. The molecule has 0 atom stereocenters. The molecule has 0 spiro atoms. The Morgan fingerprint density at radius 1 is 1.24 bits per heavy atom. The molecule has 1 heterocycles. The van der Waals surface area contributed by atoms with Gasteiger partial charge in [-0.2, -0.15) is 4.98 Å². The molecule has 4 nitrogen and oxygen atoms in total. The molecule has 0 aliphatic carbocycles. The zero-order chi connectivity index (χ0) is 11.9. The van der Waals surface area contributed by atoms with E-state index in [0.29, 0.717) is 0 Å². The van der Waals surface area contributed by atoms with Crippen LogP contribution in [0.1, 0.15) is 23.9 Å². The third-order valence-corrected chi connectivity index (χ3v) is 2.75. The van der Waals surface area contributed by atoms with Gasteiger partial charge in [0, 0.05) is 19.5 Å². The molecule has 0 amide bonds. The molecule has 0 saturated carbocycles. The molecular formula is C13H17N3O. The fourth-order valence-corrected chi connectivity index (χ4v) is 1.80. The number of rotatable bonds is 6. The molecule has 4 heteroatoms. The zero-order valence-electron chi connectivity index (χ0n) is 10.0. The van der Waals surface area contributed by atoms with Crippen molar-refractivity contribution in [3.05, 3.63) is 47.6 Å². The lowest BCUT2D eigenvalue weighted by Crippen LogP contribution is -2.18. The fraction of sp³-hybridized carbons (Fsp3) is 0.385. The number of aryl methyl sites for hydroxylation is 1. The molecule has 1 aromatic heterocycles. The molecule has 0 saturated heterocycles. The van der Waals surface area contributed by atoms with E-state index >= 15 is 0 Å². The molecular weight excluding hydrogens is 214 g/mol. The summed E-state index contributed by atoms with van der Waals surface area (Å²) in [6, 6.07) is 8.51. The lowest BCUT2D eigenvalue weighted by molar-refractivity contribution is 0.409. The van der Waals surface area contributed by atoms with Gasteiger partial charge in [0.25, 0.3) is 0 Å². The van der Waals surface area contributed by atoms with E-state index in [1.807, 2.05) is 0 Å². The van der Waals surface area contributed by atoms with Gasteiger partial charge >= 0.3 is 0 Å². The van der Waals surface area contributed by atoms with Crippen molar-refractivity contribution < 1.29 is 4.52 Å². The first kappa shape index (κ1) is 11.8. The summed E-state index contributed by atoms with van der Waals surface area (Å²) >= 11 is 0. The average Bonchev–Trinajstić information content (AvgIpc) is 2.88. The number of aromatic nitrogens is 2. The van der Waals surface area contributed by atoms with Gasteiger partial charge in [0.05, 0.1) is 0 Å². The van der Waals surface area contributed by atoms with Crippen molar-refractivity contribution in [2.24, 2.45) is 0 Å². The van der Waals surface area contributed by atoms with Crippen molar-refractivity contribution in [3.8, 4) is 0 Å². The molecule has 0 unspecified atom stereocenters. The average molecular weight is 231 g/mol. The highest BCUT2D eigenvalue weighted by Gasteiger charge is 2.00. The van der Waals surface area contributed by atoms with Crippen LogP contribution in [0.25, 0.3) is 0 Å². The summed E-state index contributed by atoms with van der Waals surface area (Å²) in [4.78, 5) is 3.98. The highest BCUT2D eigenvalue weighted by molar-refractivity contribution is 5.26. The lowest BCUT2D eigenvalue weighted by Gasteiger charge is -2.08. The van der Waals surface area contributed by atoms with Crippen molar-refractivity contribution in [2.75, 3.05) is 6.54 Å². The maximum atomic E-state index is 4.68. The summed E-state index contributed by atoms with van der Waals surface area (Å²) in [6.45, 7) is 3.93. The molecule has 0 bridgehead atoms. The van der Waals surface area contributed by atoms with Crippen molar-refractivity contribution in [1.82, 2.24) is 15.5 Å². The summed E-state index contributed by atoms with van der Waals surface area (Å²) in [6.07, 6.45) is 3.23. The van der Waals surface area contributed by atoms with Gasteiger partial charge in [-0.15, -0.1) is 0 Å². The van der Waals surface area contributed by atoms with Gasteiger partial charge in [-0.25, -0.2) is 0 Å². The van der Waals surface area contributed by atoms with Crippen LogP contribution in [0.5, 0.6) is 0 Å². The topological polar surface area (TPSA) is 51.0 Å². The third-order valence-electron chi connectivity index (χ3n) is 2.75. The van der Waals surface area contributed by atoms with Crippen LogP contribution in [0.4, 0.5) is 0 Å². The van der Waals surface area contributed by atoms with Crippen LogP contribution >= 0.6 is 0 Å². The third kappa shape index (κ3) is 3.39. The van der Waals surface area contributed by atoms with E-state index in [0.717, 1.165) is 31.8 Å². The van der Waals surface area contributed by atoms with E-state index in [1.54, 1.807) is 0 Å². The first-order valence-electron chi connectivity index (χ1n) is 5.93. The lowest BCUT2D eigenvalue weighted by atomic mass is 10.1.